The molecule has 3 heteroatoms. The van der Waals surface area contributed by atoms with E-state index in [0.29, 0.717) is 0 Å². The maximum absolute atomic E-state index is 9.67. The van der Waals surface area contributed by atoms with Gasteiger partial charge in [0.1, 0.15) is 5.75 Å². The molecule has 1 aromatic rings. The smallest absolute Gasteiger partial charge is 0.119 e. The highest BCUT2D eigenvalue weighted by molar-refractivity contribution is 5.37. The van der Waals surface area contributed by atoms with Crippen LogP contribution in [0.15, 0.2) is 24.3 Å². The Morgan fingerprint density at radius 2 is 1.96 bits per heavy atom. The normalized spacial score (nSPS) is 23.8. The van der Waals surface area contributed by atoms with E-state index >= 15 is 0 Å². The Morgan fingerprint density at radius 1 is 1.21 bits per heavy atom. The molecule has 1 aliphatic heterocycles. The van der Waals surface area contributed by atoms with Crippen molar-refractivity contribution in [3.8, 4) is 11.8 Å². The molecule has 1 saturated heterocycles. The average molecular weight is 326 g/mol. The van der Waals surface area contributed by atoms with E-state index in [4.69, 9.17) is 4.74 Å². The van der Waals surface area contributed by atoms with E-state index < -0.39 is 0 Å². The summed E-state index contributed by atoms with van der Waals surface area (Å²) in [6, 6.07) is 10.9. The molecule has 0 N–H and O–H groups in total. The van der Waals surface area contributed by atoms with Crippen LogP contribution < -0.4 is 4.74 Å². The second kappa shape index (κ2) is 8.03. The van der Waals surface area contributed by atoms with Gasteiger partial charge in [-0.1, -0.05) is 38.3 Å². The fraction of sp³-hybridized carbons (Fsp3) is 0.667. The Balaban J connectivity index is 1.47. The van der Waals surface area contributed by atoms with Crippen molar-refractivity contribution in [3.05, 3.63) is 29.8 Å². The van der Waals surface area contributed by atoms with Crippen molar-refractivity contribution < 1.29 is 4.74 Å². The van der Waals surface area contributed by atoms with Gasteiger partial charge in [-0.2, -0.15) is 5.26 Å². The van der Waals surface area contributed by atoms with Gasteiger partial charge in [-0.3, -0.25) is 0 Å². The number of benzene rings is 1. The van der Waals surface area contributed by atoms with Crippen LogP contribution in [0.4, 0.5) is 0 Å². The van der Waals surface area contributed by atoms with Crippen molar-refractivity contribution in [2.24, 2.45) is 5.92 Å². The highest BCUT2D eigenvalue weighted by atomic mass is 16.5. The Labute approximate surface area is 146 Å². The topological polar surface area (TPSA) is 36.3 Å². The molecule has 1 aromatic carbocycles. The minimum absolute atomic E-state index is 0.261. The third-order valence-electron chi connectivity index (χ3n) is 5.72. The van der Waals surface area contributed by atoms with Crippen LogP contribution in [0.1, 0.15) is 57.4 Å². The van der Waals surface area contributed by atoms with Crippen molar-refractivity contribution in [1.82, 2.24) is 4.90 Å². The van der Waals surface area contributed by atoms with Crippen LogP contribution in [0.3, 0.4) is 0 Å². The molecule has 2 aliphatic rings. The van der Waals surface area contributed by atoms with E-state index in [-0.39, 0.29) is 5.41 Å². The quantitative estimate of drug-likeness (QED) is 0.721. The first-order valence-corrected chi connectivity index (χ1v) is 9.59. The standard InChI is InChI=1S/C21H30N2O/c1-18-10-14-23(16-18)13-5-15-24-20-8-6-19(7-9-20)21(17-22)11-3-2-4-12-21/h6-9,18H,2-5,10-16H2,1H3/t18-/m1/s1. The Morgan fingerprint density at radius 3 is 2.58 bits per heavy atom. The van der Waals surface area contributed by atoms with Gasteiger partial charge < -0.3 is 9.64 Å². The highest BCUT2D eigenvalue weighted by Gasteiger charge is 2.33. The number of nitrogens with zero attached hydrogens (tertiary/aromatic N) is 2. The van der Waals surface area contributed by atoms with E-state index in [9.17, 15) is 5.26 Å². The molecule has 3 rings (SSSR count). The van der Waals surface area contributed by atoms with Gasteiger partial charge in [0.15, 0.2) is 0 Å². The number of rotatable bonds is 6. The summed E-state index contributed by atoms with van der Waals surface area (Å²) in [5, 5.41) is 9.67. The molecule has 0 spiro atoms. The van der Waals surface area contributed by atoms with Crippen molar-refractivity contribution in [1.29, 1.82) is 5.26 Å². The van der Waals surface area contributed by atoms with Crippen molar-refractivity contribution in [3.63, 3.8) is 0 Å². The lowest BCUT2D eigenvalue weighted by molar-refractivity contribution is 0.259. The van der Waals surface area contributed by atoms with Crippen LogP contribution >= 0.6 is 0 Å². The zero-order valence-corrected chi connectivity index (χ0v) is 15.0. The van der Waals surface area contributed by atoms with Crippen molar-refractivity contribution in [2.75, 3.05) is 26.2 Å². The lowest BCUT2D eigenvalue weighted by Crippen LogP contribution is -2.26. The minimum Gasteiger partial charge on any atom is -0.494 e. The van der Waals surface area contributed by atoms with Crippen LogP contribution in [-0.4, -0.2) is 31.1 Å². The van der Waals surface area contributed by atoms with Crippen LogP contribution in [-0.2, 0) is 5.41 Å². The molecule has 0 bridgehead atoms. The molecule has 1 saturated carbocycles. The van der Waals surface area contributed by atoms with Gasteiger partial charge in [-0.05, 0) is 55.8 Å². The van der Waals surface area contributed by atoms with Crippen molar-refractivity contribution in [2.45, 2.75) is 57.3 Å². The first-order valence-electron chi connectivity index (χ1n) is 9.59. The predicted octanol–water partition coefficient (Wildman–Crippen LogP) is 4.52. The summed E-state index contributed by atoms with van der Waals surface area (Å²) in [4.78, 5) is 2.54. The molecule has 3 nitrogen and oxygen atoms in total. The van der Waals surface area contributed by atoms with Gasteiger partial charge in [-0.15, -0.1) is 0 Å². The van der Waals surface area contributed by atoms with Crippen LogP contribution in [0, 0.1) is 17.2 Å². The molecule has 0 amide bonds. The van der Waals surface area contributed by atoms with Gasteiger partial charge in [0.2, 0.25) is 0 Å². The first kappa shape index (κ1) is 17.3. The molecule has 0 radical (unpaired) electrons. The van der Waals surface area contributed by atoms with E-state index in [1.165, 1.54) is 44.3 Å². The number of hydrogen-bond donors (Lipinski definition) is 0. The van der Waals surface area contributed by atoms with Gasteiger partial charge in [-0.25, -0.2) is 0 Å². The minimum atomic E-state index is -0.261. The summed E-state index contributed by atoms with van der Waals surface area (Å²) >= 11 is 0. The van der Waals surface area contributed by atoms with E-state index in [1.807, 2.05) is 12.1 Å². The van der Waals surface area contributed by atoms with Crippen LogP contribution in [0.2, 0.25) is 0 Å². The molecule has 0 unspecified atom stereocenters. The fourth-order valence-corrected chi connectivity index (χ4v) is 4.20. The van der Waals surface area contributed by atoms with Gasteiger partial charge in [0.05, 0.1) is 18.1 Å². The average Bonchev–Trinajstić information content (AvgIpc) is 3.05. The second-order valence-electron chi connectivity index (χ2n) is 7.68. The summed E-state index contributed by atoms with van der Waals surface area (Å²) in [5.41, 5.74) is 0.909. The monoisotopic (exact) mass is 326 g/mol. The lowest BCUT2D eigenvalue weighted by atomic mass is 9.70. The van der Waals surface area contributed by atoms with Crippen LogP contribution in [0.5, 0.6) is 5.75 Å². The summed E-state index contributed by atoms with van der Waals surface area (Å²) in [7, 11) is 0. The van der Waals surface area contributed by atoms with Crippen LogP contribution in [0.25, 0.3) is 0 Å². The molecule has 2 fully saturated rings. The maximum atomic E-state index is 9.67. The summed E-state index contributed by atoms with van der Waals surface area (Å²) in [5.74, 6) is 1.78. The largest absolute Gasteiger partial charge is 0.494 e. The SMILES string of the molecule is C[C@@H]1CCN(CCCOc2ccc(C3(C#N)CCCCC3)cc2)C1. The Bertz CT molecular complexity index is 554. The zero-order valence-electron chi connectivity index (χ0n) is 15.0. The van der Waals surface area contributed by atoms with Gasteiger partial charge in [0, 0.05) is 13.1 Å². The van der Waals surface area contributed by atoms with Crippen molar-refractivity contribution >= 4 is 0 Å². The molecular weight excluding hydrogens is 296 g/mol. The van der Waals surface area contributed by atoms with Gasteiger partial charge >= 0.3 is 0 Å². The molecule has 1 aliphatic carbocycles. The number of likely N-dealkylation sites (tertiary alicyclic amines) is 1. The van der Waals surface area contributed by atoms with E-state index in [0.717, 1.165) is 44.1 Å². The molecule has 24 heavy (non-hydrogen) atoms. The maximum Gasteiger partial charge on any atom is 0.119 e. The Hall–Kier alpha value is -1.53. The summed E-state index contributed by atoms with van der Waals surface area (Å²) < 4.78 is 5.89. The molecular formula is C21H30N2O. The molecule has 1 atom stereocenters. The second-order valence-corrected chi connectivity index (χ2v) is 7.68. The predicted molar refractivity (Wildman–Crippen MR) is 97.2 cm³/mol. The third kappa shape index (κ3) is 4.11. The first-order chi connectivity index (χ1) is 11.7. The summed E-state index contributed by atoms with van der Waals surface area (Å²) in [6.07, 6.45) is 8.01. The van der Waals surface area contributed by atoms with E-state index in [2.05, 4.69) is 30.0 Å². The Kier molecular flexibility index (Phi) is 5.79. The van der Waals surface area contributed by atoms with E-state index in [1.54, 1.807) is 0 Å². The molecule has 130 valence electrons. The summed E-state index contributed by atoms with van der Waals surface area (Å²) in [6.45, 7) is 6.73. The molecule has 1 heterocycles. The lowest BCUT2D eigenvalue weighted by Gasteiger charge is -2.31. The number of hydrogen-bond acceptors (Lipinski definition) is 3. The fourth-order valence-electron chi connectivity index (χ4n) is 4.20. The number of nitriles is 1. The van der Waals surface area contributed by atoms with Gasteiger partial charge in [0.25, 0.3) is 0 Å². The highest BCUT2D eigenvalue weighted by Crippen LogP contribution is 2.39. The zero-order chi connectivity index (χ0) is 16.8. The molecule has 0 aromatic heterocycles. The third-order valence-corrected chi connectivity index (χ3v) is 5.72. The number of ether oxygens (including phenoxy) is 1.